The molecule has 2 N–H and O–H groups in total. The number of fused-ring (bicyclic) bond motifs is 1. The van der Waals surface area contributed by atoms with Crippen LogP contribution in [0.5, 0.6) is 5.75 Å². The van der Waals surface area contributed by atoms with Gasteiger partial charge in [-0.3, -0.25) is 10.1 Å². The lowest BCUT2D eigenvalue weighted by molar-refractivity contribution is -0.138. The van der Waals surface area contributed by atoms with Crippen LogP contribution in [0, 0.1) is 0 Å². The zero-order valence-electron chi connectivity index (χ0n) is 14.4. The fraction of sp³-hybridized carbons (Fsp3) is 0.125. The Morgan fingerprint density at radius 1 is 1.10 bits per heavy atom. The number of carbonyl (C=O) groups is 1. The van der Waals surface area contributed by atoms with E-state index in [1.54, 1.807) is 13.2 Å². The molecule has 0 saturated heterocycles. The van der Waals surface area contributed by atoms with E-state index < -0.39 is 17.1 Å². The highest BCUT2D eigenvalue weighted by Crippen LogP contribution is 2.37. The van der Waals surface area contributed by atoms with Gasteiger partial charge >= 0.3 is 6.18 Å². The van der Waals surface area contributed by atoms with Gasteiger partial charge in [0.15, 0.2) is 5.13 Å². The first kappa shape index (κ1) is 19.5. The zero-order chi connectivity index (χ0) is 20.6. The number of rotatable bonds is 5. The minimum absolute atomic E-state index is 0.217. The monoisotopic (exact) mass is 457 g/mol. The molecule has 150 valence electrons. The number of alkyl halides is 3. The van der Waals surface area contributed by atoms with E-state index in [-0.39, 0.29) is 16.5 Å². The molecule has 3 heterocycles. The second-order valence-electron chi connectivity index (χ2n) is 5.49. The lowest BCUT2D eigenvalue weighted by atomic mass is 10.3. The molecule has 0 aliphatic rings. The maximum absolute atomic E-state index is 12.6. The smallest absolute Gasteiger partial charge is 0.445 e. The predicted octanol–water partition coefficient (Wildman–Crippen LogP) is 5.23. The molecule has 0 radical (unpaired) electrons. The second-order valence-corrected chi connectivity index (χ2v) is 8.53. The maximum Gasteiger partial charge on any atom is 0.445 e. The summed E-state index contributed by atoms with van der Waals surface area (Å²) in [4.78, 5) is 17.7. The first-order valence-corrected chi connectivity index (χ1v) is 10.3. The van der Waals surface area contributed by atoms with E-state index in [0.717, 1.165) is 21.7 Å². The number of methoxy groups -OCH3 is 1. The van der Waals surface area contributed by atoms with Crippen molar-refractivity contribution in [2.24, 2.45) is 0 Å². The molecule has 4 rings (SSSR count). The molecule has 0 saturated carbocycles. The van der Waals surface area contributed by atoms with Gasteiger partial charge in [-0.2, -0.15) is 13.2 Å². The van der Waals surface area contributed by atoms with Crippen molar-refractivity contribution in [2.45, 2.75) is 6.18 Å². The average Bonchev–Trinajstić information content (AvgIpc) is 3.36. The summed E-state index contributed by atoms with van der Waals surface area (Å²) in [6, 6.07) is 9.01. The summed E-state index contributed by atoms with van der Waals surface area (Å²) >= 11 is 2.74. The number of halogens is 3. The fourth-order valence-electron chi connectivity index (χ4n) is 2.31. The number of benzene rings is 1. The third-order valence-electron chi connectivity index (χ3n) is 3.55. The number of amides is 1. The van der Waals surface area contributed by atoms with Gasteiger partial charge in [0.25, 0.3) is 5.91 Å². The second kappa shape index (κ2) is 7.57. The van der Waals surface area contributed by atoms with E-state index in [9.17, 15) is 18.0 Å². The van der Waals surface area contributed by atoms with Crippen LogP contribution in [-0.2, 0) is 6.18 Å². The van der Waals surface area contributed by atoms with Gasteiger partial charge in [-0.15, -0.1) is 21.5 Å². The number of hydrogen-bond acceptors (Lipinski definition) is 9. The SMILES string of the molecule is COc1ccccc1Nc1nc2sc(C(=O)Nc3nnc(C(F)(F)F)s3)cc2s1. The number of aromatic nitrogens is 3. The summed E-state index contributed by atoms with van der Waals surface area (Å²) < 4.78 is 43.8. The van der Waals surface area contributed by atoms with Crippen LogP contribution in [-0.4, -0.2) is 28.2 Å². The van der Waals surface area contributed by atoms with Crippen LogP contribution < -0.4 is 15.4 Å². The molecule has 0 aliphatic heterocycles. The molecular weight excluding hydrogens is 447 g/mol. The molecule has 29 heavy (non-hydrogen) atoms. The van der Waals surface area contributed by atoms with Gasteiger partial charge in [-0.05, 0) is 18.2 Å². The lowest BCUT2D eigenvalue weighted by Crippen LogP contribution is -2.09. The average molecular weight is 457 g/mol. The van der Waals surface area contributed by atoms with E-state index in [4.69, 9.17) is 4.74 Å². The Morgan fingerprint density at radius 3 is 2.59 bits per heavy atom. The minimum atomic E-state index is -4.60. The topological polar surface area (TPSA) is 89.0 Å². The van der Waals surface area contributed by atoms with Crippen LogP contribution >= 0.6 is 34.0 Å². The number of carbonyl (C=O) groups excluding carboxylic acids is 1. The number of nitrogens with zero attached hydrogens (tertiary/aromatic N) is 3. The van der Waals surface area contributed by atoms with Gasteiger partial charge < -0.3 is 10.1 Å². The molecule has 7 nitrogen and oxygen atoms in total. The van der Waals surface area contributed by atoms with Crippen molar-refractivity contribution in [3.05, 3.63) is 40.2 Å². The van der Waals surface area contributed by atoms with Gasteiger partial charge in [-0.25, -0.2) is 4.98 Å². The number of thiophene rings is 1. The standard InChI is InChI=1S/C16H10F3N5O2S3/c1-26-8-5-3-2-4-7(8)20-14-22-12-10(28-14)6-9(27-12)11(25)21-15-24-23-13(29-15)16(17,18)19/h2-6H,1H3,(H,20,22)(H,21,24,25). The van der Waals surface area contributed by atoms with Crippen molar-refractivity contribution in [1.29, 1.82) is 0 Å². The molecule has 1 amide bonds. The molecule has 13 heteroatoms. The number of thiazole rings is 1. The Labute approximate surface area is 173 Å². The lowest BCUT2D eigenvalue weighted by Gasteiger charge is -2.07. The van der Waals surface area contributed by atoms with Gasteiger partial charge in [0, 0.05) is 0 Å². The van der Waals surface area contributed by atoms with Gasteiger partial charge in [0.1, 0.15) is 10.6 Å². The highest BCUT2D eigenvalue weighted by Gasteiger charge is 2.35. The van der Waals surface area contributed by atoms with E-state index >= 15 is 0 Å². The first-order valence-electron chi connectivity index (χ1n) is 7.86. The first-order chi connectivity index (χ1) is 13.8. The number of hydrogen-bond donors (Lipinski definition) is 2. The third kappa shape index (κ3) is 4.16. The Bertz CT molecular complexity index is 1150. The van der Waals surface area contributed by atoms with Gasteiger partial charge in [0.2, 0.25) is 10.1 Å². The highest BCUT2D eigenvalue weighted by atomic mass is 32.1. The highest BCUT2D eigenvalue weighted by molar-refractivity contribution is 7.29. The Hall–Kier alpha value is -2.77. The molecule has 0 unspecified atom stereocenters. The number of ether oxygens (including phenoxy) is 1. The minimum Gasteiger partial charge on any atom is -0.495 e. The summed E-state index contributed by atoms with van der Waals surface area (Å²) in [6.07, 6.45) is -4.60. The van der Waals surface area contributed by atoms with Crippen LogP contribution in [0.25, 0.3) is 9.53 Å². The van der Waals surface area contributed by atoms with Crippen molar-refractivity contribution in [2.75, 3.05) is 17.7 Å². The number of para-hydroxylation sites is 2. The summed E-state index contributed by atoms with van der Waals surface area (Å²) in [5.41, 5.74) is 0.756. The quantitative estimate of drug-likeness (QED) is 0.427. The van der Waals surface area contributed by atoms with Crippen molar-refractivity contribution in [1.82, 2.24) is 15.2 Å². The van der Waals surface area contributed by atoms with Crippen molar-refractivity contribution >= 4 is 65.4 Å². The van der Waals surface area contributed by atoms with Crippen molar-refractivity contribution in [3.8, 4) is 5.75 Å². The predicted molar refractivity (Wildman–Crippen MR) is 107 cm³/mol. The zero-order valence-corrected chi connectivity index (χ0v) is 16.9. The Balaban J connectivity index is 1.49. The summed E-state index contributed by atoms with van der Waals surface area (Å²) in [7, 11) is 1.57. The molecule has 1 aromatic carbocycles. The molecule has 3 aromatic heterocycles. The fourth-order valence-corrected chi connectivity index (χ4v) is 4.94. The van der Waals surface area contributed by atoms with Crippen LogP contribution in [0.15, 0.2) is 30.3 Å². The molecule has 0 aliphatic carbocycles. The van der Waals surface area contributed by atoms with E-state index in [2.05, 4.69) is 25.8 Å². The van der Waals surface area contributed by atoms with E-state index in [0.29, 0.717) is 20.6 Å². The molecule has 0 atom stereocenters. The van der Waals surface area contributed by atoms with Crippen molar-refractivity contribution < 1.29 is 22.7 Å². The van der Waals surface area contributed by atoms with E-state index in [1.807, 2.05) is 24.3 Å². The van der Waals surface area contributed by atoms with Gasteiger partial charge in [0.05, 0.1) is 22.4 Å². The summed E-state index contributed by atoms with van der Waals surface area (Å²) in [5.74, 6) is 0.103. The van der Waals surface area contributed by atoms with Crippen LogP contribution in [0.2, 0.25) is 0 Å². The van der Waals surface area contributed by atoms with Crippen LogP contribution in [0.1, 0.15) is 14.7 Å². The molecule has 0 bridgehead atoms. The van der Waals surface area contributed by atoms with Gasteiger partial charge in [-0.1, -0.05) is 34.8 Å². The molecule has 4 aromatic rings. The normalized spacial score (nSPS) is 11.6. The Morgan fingerprint density at radius 2 is 1.90 bits per heavy atom. The van der Waals surface area contributed by atoms with Crippen molar-refractivity contribution in [3.63, 3.8) is 0 Å². The number of anilines is 3. The third-order valence-corrected chi connectivity index (χ3v) is 6.51. The summed E-state index contributed by atoms with van der Waals surface area (Å²) in [5, 5.41) is 11.2. The number of nitrogens with one attached hydrogen (secondary N) is 2. The maximum atomic E-state index is 12.6. The summed E-state index contributed by atoms with van der Waals surface area (Å²) in [6.45, 7) is 0. The largest absolute Gasteiger partial charge is 0.495 e. The molecular formula is C16H10F3N5O2S3. The Kier molecular flexibility index (Phi) is 5.10. The molecule has 0 spiro atoms. The van der Waals surface area contributed by atoms with Crippen LogP contribution in [0.4, 0.5) is 29.1 Å². The van der Waals surface area contributed by atoms with E-state index in [1.165, 1.54) is 11.3 Å². The van der Waals surface area contributed by atoms with Crippen LogP contribution in [0.3, 0.4) is 0 Å². The molecule has 0 fully saturated rings.